The lowest BCUT2D eigenvalue weighted by Gasteiger charge is -2.23. The van der Waals surface area contributed by atoms with Gasteiger partial charge in [-0.3, -0.25) is 0 Å². The molecule has 1 aliphatic rings. The fraction of sp³-hybridized carbons (Fsp3) is 0.529. The summed E-state index contributed by atoms with van der Waals surface area (Å²) in [6.07, 6.45) is 6.74. The lowest BCUT2D eigenvalue weighted by Crippen LogP contribution is -2.25. The van der Waals surface area contributed by atoms with Crippen molar-refractivity contribution in [3.05, 3.63) is 42.0 Å². The topological polar surface area (TPSA) is 46.2 Å². The summed E-state index contributed by atoms with van der Waals surface area (Å²) < 4.78 is 26.9. The Morgan fingerprint density at radius 2 is 2.00 bits per heavy atom. The Hall–Kier alpha value is -1.13. The summed E-state index contributed by atoms with van der Waals surface area (Å²) in [6.45, 7) is 6.53. The van der Waals surface area contributed by atoms with E-state index >= 15 is 0 Å². The number of hydrogen-bond donors (Lipinski definition) is 1. The fourth-order valence-electron chi connectivity index (χ4n) is 2.90. The SMILES string of the molecule is C=C1CCCC(CCCNS(=O)(=O)c2ccc(C)cc2)C1. The van der Waals surface area contributed by atoms with E-state index in [0.29, 0.717) is 17.4 Å². The van der Waals surface area contributed by atoms with Crippen molar-refractivity contribution in [1.29, 1.82) is 0 Å². The predicted octanol–water partition coefficient (Wildman–Crippen LogP) is 3.80. The summed E-state index contributed by atoms with van der Waals surface area (Å²) in [5.41, 5.74) is 2.41. The summed E-state index contributed by atoms with van der Waals surface area (Å²) in [5, 5.41) is 0. The first-order chi connectivity index (χ1) is 9.97. The molecule has 0 spiro atoms. The molecule has 0 radical (unpaired) electrons. The third kappa shape index (κ3) is 4.97. The van der Waals surface area contributed by atoms with Gasteiger partial charge in [0.25, 0.3) is 0 Å². The number of nitrogens with one attached hydrogen (secondary N) is 1. The maximum atomic E-state index is 12.1. The van der Waals surface area contributed by atoms with Gasteiger partial charge in [0.2, 0.25) is 10.0 Å². The largest absolute Gasteiger partial charge is 0.240 e. The highest BCUT2D eigenvalue weighted by Gasteiger charge is 2.16. The molecule has 1 aromatic carbocycles. The number of hydrogen-bond acceptors (Lipinski definition) is 2. The molecule has 0 saturated heterocycles. The van der Waals surface area contributed by atoms with Gasteiger partial charge < -0.3 is 0 Å². The molecule has 0 aromatic heterocycles. The molecule has 0 aliphatic heterocycles. The van der Waals surface area contributed by atoms with Gasteiger partial charge in [-0.1, -0.05) is 29.8 Å². The van der Waals surface area contributed by atoms with E-state index in [2.05, 4.69) is 11.3 Å². The van der Waals surface area contributed by atoms with Gasteiger partial charge in [0, 0.05) is 6.54 Å². The number of sulfonamides is 1. The van der Waals surface area contributed by atoms with Gasteiger partial charge >= 0.3 is 0 Å². The molecule has 1 atom stereocenters. The van der Waals surface area contributed by atoms with Crippen molar-refractivity contribution >= 4 is 10.0 Å². The van der Waals surface area contributed by atoms with E-state index in [1.165, 1.54) is 18.4 Å². The van der Waals surface area contributed by atoms with E-state index in [1.807, 2.05) is 19.1 Å². The molecule has 0 heterocycles. The van der Waals surface area contributed by atoms with Crippen molar-refractivity contribution < 1.29 is 8.42 Å². The average molecular weight is 307 g/mol. The quantitative estimate of drug-likeness (QED) is 0.642. The lowest BCUT2D eigenvalue weighted by molar-refractivity contribution is 0.384. The van der Waals surface area contributed by atoms with E-state index in [9.17, 15) is 8.42 Å². The zero-order chi connectivity index (χ0) is 15.3. The van der Waals surface area contributed by atoms with Crippen LogP contribution in [-0.2, 0) is 10.0 Å². The van der Waals surface area contributed by atoms with Crippen LogP contribution in [0.1, 0.15) is 44.1 Å². The summed E-state index contributed by atoms with van der Waals surface area (Å²) in [5.74, 6) is 0.690. The predicted molar refractivity (Wildman–Crippen MR) is 86.7 cm³/mol. The number of rotatable bonds is 6. The molecule has 1 aromatic rings. The van der Waals surface area contributed by atoms with Crippen LogP contribution in [0.3, 0.4) is 0 Å². The monoisotopic (exact) mass is 307 g/mol. The van der Waals surface area contributed by atoms with Crippen LogP contribution in [0.5, 0.6) is 0 Å². The smallest absolute Gasteiger partial charge is 0.211 e. The number of allylic oxidation sites excluding steroid dienone is 1. The summed E-state index contributed by atoms with van der Waals surface area (Å²) in [7, 11) is -3.36. The van der Waals surface area contributed by atoms with Crippen molar-refractivity contribution in [2.24, 2.45) is 5.92 Å². The van der Waals surface area contributed by atoms with E-state index in [1.54, 1.807) is 12.1 Å². The van der Waals surface area contributed by atoms with Crippen LogP contribution in [0.25, 0.3) is 0 Å². The van der Waals surface area contributed by atoms with Crippen molar-refractivity contribution in [3.63, 3.8) is 0 Å². The molecule has 1 unspecified atom stereocenters. The summed E-state index contributed by atoms with van der Waals surface area (Å²) >= 11 is 0. The second-order valence-corrected chi connectivity index (χ2v) is 7.83. The van der Waals surface area contributed by atoms with E-state index in [4.69, 9.17) is 0 Å². The molecule has 0 amide bonds. The van der Waals surface area contributed by atoms with Gasteiger partial charge in [-0.15, -0.1) is 0 Å². The average Bonchev–Trinajstić information content (AvgIpc) is 2.44. The molecule has 116 valence electrons. The Bertz CT molecular complexity index is 575. The normalized spacial score (nSPS) is 19.7. The van der Waals surface area contributed by atoms with Crippen molar-refractivity contribution in [2.75, 3.05) is 6.54 Å². The maximum absolute atomic E-state index is 12.1. The highest BCUT2D eigenvalue weighted by molar-refractivity contribution is 7.89. The minimum absolute atomic E-state index is 0.346. The standard InChI is InChI=1S/C17H25NO2S/c1-14-8-10-17(11-9-14)21(19,20)18-12-4-7-16-6-3-5-15(2)13-16/h8-11,16,18H,2-7,12-13H2,1H3. The van der Waals surface area contributed by atoms with Crippen molar-refractivity contribution in [2.45, 2.75) is 50.3 Å². The van der Waals surface area contributed by atoms with Crippen molar-refractivity contribution in [3.8, 4) is 0 Å². The first-order valence-corrected chi connectivity index (χ1v) is 9.19. The number of aryl methyl sites for hydroxylation is 1. The van der Waals surface area contributed by atoms with Gasteiger partial charge in [-0.2, -0.15) is 0 Å². The van der Waals surface area contributed by atoms with Crippen LogP contribution in [-0.4, -0.2) is 15.0 Å². The zero-order valence-corrected chi connectivity index (χ0v) is 13.6. The van der Waals surface area contributed by atoms with Gasteiger partial charge in [0.1, 0.15) is 0 Å². The van der Waals surface area contributed by atoms with Crippen LogP contribution in [0.2, 0.25) is 0 Å². The fourth-order valence-corrected chi connectivity index (χ4v) is 3.97. The molecule has 21 heavy (non-hydrogen) atoms. The first kappa shape index (κ1) is 16.2. The van der Waals surface area contributed by atoms with E-state index in [0.717, 1.165) is 31.2 Å². The summed E-state index contributed by atoms with van der Waals surface area (Å²) in [4.78, 5) is 0.346. The number of benzene rings is 1. The molecule has 4 heteroatoms. The van der Waals surface area contributed by atoms with Gasteiger partial charge in [-0.05, 0) is 63.5 Å². The molecule has 1 saturated carbocycles. The third-order valence-electron chi connectivity index (χ3n) is 4.13. The van der Waals surface area contributed by atoms with E-state index < -0.39 is 10.0 Å². The highest BCUT2D eigenvalue weighted by Crippen LogP contribution is 2.30. The molecular weight excluding hydrogens is 282 g/mol. The van der Waals surface area contributed by atoms with E-state index in [-0.39, 0.29) is 0 Å². The Labute approximate surface area is 128 Å². The molecular formula is C17H25NO2S. The minimum Gasteiger partial charge on any atom is -0.211 e. The third-order valence-corrected chi connectivity index (χ3v) is 5.61. The molecule has 2 rings (SSSR count). The van der Waals surface area contributed by atoms with Crippen molar-refractivity contribution in [1.82, 2.24) is 4.72 Å². The van der Waals surface area contributed by atoms with Gasteiger partial charge in [0.05, 0.1) is 4.90 Å². The Balaban J connectivity index is 1.77. The Kier molecular flexibility index (Phi) is 5.59. The molecule has 3 nitrogen and oxygen atoms in total. The zero-order valence-electron chi connectivity index (χ0n) is 12.8. The van der Waals surface area contributed by atoms with Crippen LogP contribution in [0.15, 0.2) is 41.3 Å². The summed E-state index contributed by atoms with van der Waals surface area (Å²) in [6, 6.07) is 6.95. The maximum Gasteiger partial charge on any atom is 0.240 e. The highest BCUT2D eigenvalue weighted by atomic mass is 32.2. The minimum atomic E-state index is -3.36. The Morgan fingerprint density at radius 1 is 1.29 bits per heavy atom. The first-order valence-electron chi connectivity index (χ1n) is 7.70. The molecule has 1 N–H and O–H groups in total. The molecule has 1 aliphatic carbocycles. The van der Waals surface area contributed by atoms with Gasteiger partial charge in [-0.25, -0.2) is 13.1 Å². The van der Waals surface area contributed by atoms with Crippen LogP contribution < -0.4 is 4.72 Å². The van der Waals surface area contributed by atoms with Crippen LogP contribution in [0.4, 0.5) is 0 Å². The lowest BCUT2D eigenvalue weighted by atomic mass is 9.83. The Morgan fingerprint density at radius 3 is 2.67 bits per heavy atom. The second kappa shape index (κ2) is 7.23. The molecule has 1 fully saturated rings. The van der Waals surface area contributed by atoms with Gasteiger partial charge in [0.15, 0.2) is 0 Å². The second-order valence-electron chi connectivity index (χ2n) is 6.07. The van der Waals surface area contributed by atoms with Crippen LogP contribution in [0, 0.1) is 12.8 Å². The molecule has 0 bridgehead atoms. The van der Waals surface area contributed by atoms with Crippen LogP contribution >= 0.6 is 0 Å².